The fourth-order valence-electron chi connectivity index (χ4n) is 3.38. The van der Waals surface area contributed by atoms with Crippen molar-refractivity contribution in [2.45, 2.75) is 25.4 Å². The molecule has 0 radical (unpaired) electrons. The van der Waals surface area contributed by atoms with Crippen LogP contribution in [0.4, 0.5) is 5.82 Å². The Balaban J connectivity index is 1.71. The Labute approximate surface area is 164 Å². The van der Waals surface area contributed by atoms with Gasteiger partial charge in [-0.25, -0.2) is 4.68 Å². The molecule has 1 atom stereocenters. The van der Waals surface area contributed by atoms with Crippen LogP contribution in [0.25, 0.3) is 16.9 Å². The number of methoxy groups -OCH3 is 1. The highest BCUT2D eigenvalue weighted by Gasteiger charge is 2.24. The number of anilines is 1. The van der Waals surface area contributed by atoms with Crippen molar-refractivity contribution in [2.24, 2.45) is 0 Å². The van der Waals surface area contributed by atoms with Crippen LogP contribution in [0.2, 0.25) is 0 Å². The van der Waals surface area contributed by atoms with Gasteiger partial charge in [0.25, 0.3) is 5.91 Å². The lowest BCUT2D eigenvalue weighted by atomic mass is 10.1. The first-order valence-electron chi connectivity index (χ1n) is 9.47. The molecular weight excluding hydrogens is 354 g/mol. The number of aromatic nitrogens is 2. The standard InChI is InChI=1S/C22H23N3O3/c1-27-19-12-6-5-11-17(19)18-15-21(23-22(26)20-13-7-8-14-28-20)25(24-18)16-9-3-2-4-10-16/h2-6,9-12,15,20H,7-8,13-14H2,1H3,(H,23,26). The number of benzene rings is 2. The van der Waals surface area contributed by atoms with Crippen LogP contribution >= 0.6 is 0 Å². The highest BCUT2D eigenvalue weighted by Crippen LogP contribution is 2.31. The Morgan fingerprint density at radius 2 is 1.93 bits per heavy atom. The Morgan fingerprint density at radius 1 is 1.14 bits per heavy atom. The van der Waals surface area contributed by atoms with Gasteiger partial charge < -0.3 is 14.8 Å². The molecule has 2 aromatic carbocycles. The van der Waals surface area contributed by atoms with E-state index in [1.54, 1.807) is 11.8 Å². The topological polar surface area (TPSA) is 65.4 Å². The molecule has 1 fully saturated rings. The zero-order valence-electron chi connectivity index (χ0n) is 15.8. The van der Waals surface area contributed by atoms with Crippen LogP contribution in [0.1, 0.15) is 19.3 Å². The molecule has 144 valence electrons. The molecule has 4 rings (SSSR count). The van der Waals surface area contributed by atoms with Crippen molar-refractivity contribution >= 4 is 11.7 Å². The van der Waals surface area contributed by atoms with Gasteiger partial charge in [-0.1, -0.05) is 30.3 Å². The molecule has 6 nitrogen and oxygen atoms in total. The molecule has 1 aliphatic rings. The highest BCUT2D eigenvalue weighted by atomic mass is 16.5. The maximum Gasteiger partial charge on any atom is 0.254 e. The number of para-hydroxylation sites is 2. The quantitative estimate of drug-likeness (QED) is 0.728. The summed E-state index contributed by atoms with van der Waals surface area (Å²) in [6, 6.07) is 19.3. The Kier molecular flexibility index (Phi) is 5.39. The van der Waals surface area contributed by atoms with E-state index in [9.17, 15) is 4.79 Å². The van der Waals surface area contributed by atoms with E-state index >= 15 is 0 Å². The number of carbonyl (C=O) groups excluding carboxylic acids is 1. The van der Waals surface area contributed by atoms with E-state index in [4.69, 9.17) is 14.6 Å². The molecule has 1 amide bonds. The fourth-order valence-corrected chi connectivity index (χ4v) is 3.38. The first kappa shape index (κ1) is 18.3. The molecule has 1 aliphatic heterocycles. The van der Waals surface area contributed by atoms with Gasteiger partial charge in [0.15, 0.2) is 0 Å². The molecule has 1 N–H and O–H groups in total. The van der Waals surface area contributed by atoms with Gasteiger partial charge in [-0.2, -0.15) is 5.10 Å². The van der Waals surface area contributed by atoms with Crippen LogP contribution in [0, 0.1) is 0 Å². The number of ether oxygens (including phenoxy) is 2. The highest BCUT2D eigenvalue weighted by molar-refractivity contribution is 5.94. The molecular formula is C22H23N3O3. The van der Waals surface area contributed by atoms with E-state index in [2.05, 4.69) is 5.32 Å². The molecule has 6 heteroatoms. The van der Waals surface area contributed by atoms with Crippen molar-refractivity contribution in [3.63, 3.8) is 0 Å². The van der Waals surface area contributed by atoms with Crippen LogP contribution in [0.3, 0.4) is 0 Å². The van der Waals surface area contributed by atoms with E-state index in [1.807, 2.05) is 60.7 Å². The number of hydrogen-bond donors (Lipinski definition) is 1. The molecule has 1 unspecified atom stereocenters. The number of amides is 1. The predicted octanol–water partition coefficient (Wildman–Crippen LogP) is 4.06. The lowest BCUT2D eigenvalue weighted by Crippen LogP contribution is -2.33. The van der Waals surface area contributed by atoms with Crippen LogP contribution < -0.4 is 10.1 Å². The van der Waals surface area contributed by atoms with Gasteiger partial charge in [-0.3, -0.25) is 4.79 Å². The summed E-state index contributed by atoms with van der Waals surface area (Å²) in [6.45, 7) is 0.627. The van der Waals surface area contributed by atoms with E-state index in [-0.39, 0.29) is 5.91 Å². The van der Waals surface area contributed by atoms with E-state index in [0.717, 1.165) is 42.0 Å². The smallest absolute Gasteiger partial charge is 0.254 e. The minimum Gasteiger partial charge on any atom is -0.496 e. The second kappa shape index (κ2) is 8.27. The van der Waals surface area contributed by atoms with Crippen molar-refractivity contribution in [1.82, 2.24) is 9.78 Å². The molecule has 0 aliphatic carbocycles. The van der Waals surface area contributed by atoms with Gasteiger partial charge in [0.2, 0.25) is 0 Å². The third-order valence-electron chi connectivity index (χ3n) is 4.82. The number of rotatable bonds is 5. The van der Waals surface area contributed by atoms with Gasteiger partial charge in [0, 0.05) is 18.2 Å². The van der Waals surface area contributed by atoms with E-state index < -0.39 is 6.10 Å². The second-order valence-electron chi connectivity index (χ2n) is 6.71. The first-order valence-corrected chi connectivity index (χ1v) is 9.47. The molecule has 3 aromatic rings. The van der Waals surface area contributed by atoms with Crippen molar-refractivity contribution in [1.29, 1.82) is 0 Å². The van der Waals surface area contributed by atoms with Crippen LogP contribution in [-0.2, 0) is 9.53 Å². The molecule has 0 spiro atoms. The molecule has 28 heavy (non-hydrogen) atoms. The Morgan fingerprint density at radius 3 is 2.68 bits per heavy atom. The third kappa shape index (κ3) is 3.77. The summed E-state index contributed by atoms with van der Waals surface area (Å²) in [5.74, 6) is 1.20. The normalized spacial score (nSPS) is 16.5. The SMILES string of the molecule is COc1ccccc1-c1cc(NC(=O)C2CCCCO2)n(-c2ccccc2)n1. The molecule has 1 aromatic heterocycles. The fraction of sp³-hybridized carbons (Fsp3) is 0.273. The number of carbonyl (C=O) groups is 1. The summed E-state index contributed by atoms with van der Waals surface area (Å²) in [4.78, 5) is 12.7. The lowest BCUT2D eigenvalue weighted by molar-refractivity contribution is -0.130. The van der Waals surface area contributed by atoms with E-state index in [1.165, 1.54) is 0 Å². The molecule has 2 heterocycles. The first-order chi connectivity index (χ1) is 13.8. The molecule has 0 bridgehead atoms. The summed E-state index contributed by atoms with van der Waals surface area (Å²) in [5, 5.41) is 7.74. The third-order valence-corrected chi connectivity index (χ3v) is 4.82. The second-order valence-corrected chi connectivity index (χ2v) is 6.71. The largest absolute Gasteiger partial charge is 0.496 e. The van der Waals surface area contributed by atoms with Crippen molar-refractivity contribution in [3.05, 3.63) is 60.7 Å². The van der Waals surface area contributed by atoms with Crippen LogP contribution in [0.15, 0.2) is 60.7 Å². The van der Waals surface area contributed by atoms with Gasteiger partial charge in [-0.05, 0) is 43.5 Å². The molecule has 1 saturated heterocycles. The zero-order valence-corrected chi connectivity index (χ0v) is 15.8. The maximum absolute atomic E-state index is 12.7. The van der Waals surface area contributed by atoms with Gasteiger partial charge in [-0.15, -0.1) is 0 Å². The summed E-state index contributed by atoms with van der Waals surface area (Å²) in [5.41, 5.74) is 2.45. The average Bonchev–Trinajstić information content (AvgIpc) is 3.18. The van der Waals surface area contributed by atoms with Crippen molar-refractivity contribution in [3.8, 4) is 22.7 Å². The van der Waals surface area contributed by atoms with Crippen molar-refractivity contribution in [2.75, 3.05) is 19.0 Å². The summed E-state index contributed by atoms with van der Waals surface area (Å²) in [7, 11) is 1.64. The number of hydrogen-bond acceptors (Lipinski definition) is 4. The summed E-state index contributed by atoms with van der Waals surface area (Å²) in [6.07, 6.45) is 2.33. The molecule has 0 saturated carbocycles. The van der Waals surface area contributed by atoms with E-state index in [0.29, 0.717) is 12.4 Å². The Bertz CT molecular complexity index is 947. The van der Waals surface area contributed by atoms with Gasteiger partial charge in [0.1, 0.15) is 17.7 Å². The summed E-state index contributed by atoms with van der Waals surface area (Å²) < 4.78 is 12.8. The minimum absolute atomic E-state index is 0.136. The average molecular weight is 377 g/mol. The number of nitrogens with one attached hydrogen (secondary N) is 1. The zero-order chi connectivity index (χ0) is 19.3. The van der Waals surface area contributed by atoms with Gasteiger partial charge >= 0.3 is 0 Å². The lowest BCUT2D eigenvalue weighted by Gasteiger charge is -2.21. The number of nitrogens with zero attached hydrogens (tertiary/aromatic N) is 2. The summed E-state index contributed by atoms with van der Waals surface area (Å²) >= 11 is 0. The monoisotopic (exact) mass is 377 g/mol. The van der Waals surface area contributed by atoms with Gasteiger partial charge in [0.05, 0.1) is 18.5 Å². The minimum atomic E-state index is -0.414. The maximum atomic E-state index is 12.7. The predicted molar refractivity (Wildman–Crippen MR) is 108 cm³/mol. The Hall–Kier alpha value is -3.12. The van der Waals surface area contributed by atoms with Crippen LogP contribution in [-0.4, -0.2) is 35.5 Å². The van der Waals surface area contributed by atoms with Crippen molar-refractivity contribution < 1.29 is 14.3 Å². The van der Waals surface area contributed by atoms with Crippen LogP contribution in [0.5, 0.6) is 5.75 Å².